The van der Waals surface area contributed by atoms with Gasteiger partial charge in [-0.3, -0.25) is 14.3 Å². The Balaban J connectivity index is 1.62. The molecular formula is C25H31N3O5. The number of nitrogens with one attached hydrogen (secondary N) is 1. The summed E-state index contributed by atoms with van der Waals surface area (Å²) < 4.78 is 13.3. The molecule has 0 aliphatic carbocycles. The number of rotatable bonds is 12. The molecule has 2 N–H and O–H groups in total. The third-order valence-corrected chi connectivity index (χ3v) is 5.22. The van der Waals surface area contributed by atoms with Crippen LogP contribution in [0.4, 0.5) is 0 Å². The molecular weight excluding hydrogens is 422 g/mol. The molecule has 0 aliphatic rings. The van der Waals surface area contributed by atoms with E-state index in [-0.39, 0.29) is 24.5 Å². The summed E-state index contributed by atoms with van der Waals surface area (Å²) in [6.45, 7) is 6.26. The van der Waals surface area contributed by atoms with Gasteiger partial charge in [0.05, 0.1) is 12.4 Å². The standard InChI is InChI=1S/C25H31N3O5/c1-17(2)28-21(23-12-8-14-32-23)15-20(27-28)25(31)26-16-19-10-5-6-11-22(19)33-18(3)9-4-7-13-24(29)30/h5-6,8,10-12,14-15,17-18H,4,7,9,13,16H2,1-3H3,(H,26,31)(H,29,30)/t18-/m1/s1. The van der Waals surface area contributed by atoms with E-state index in [1.807, 2.05) is 51.1 Å². The highest BCUT2D eigenvalue weighted by Gasteiger charge is 2.19. The van der Waals surface area contributed by atoms with E-state index in [4.69, 9.17) is 14.3 Å². The number of carbonyl (C=O) groups is 2. The summed E-state index contributed by atoms with van der Waals surface area (Å²) in [5.41, 5.74) is 1.93. The van der Waals surface area contributed by atoms with Crippen molar-refractivity contribution >= 4 is 11.9 Å². The van der Waals surface area contributed by atoms with Crippen LogP contribution in [0, 0.1) is 0 Å². The molecule has 1 atom stereocenters. The van der Waals surface area contributed by atoms with Crippen LogP contribution in [0.1, 0.15) is 68.5 Å². The quantitative estimate of drug-likeness (QED) is 0.371. The molecule has 0 aliphatic heterocycles. The summed E-state index contributed by atoms with van der Waals surface area (Å²) >= 11 is 0. The van der Waals surface area contributed by atoms with E-state index in [9.17, 15) is 9.59 Å². The van der Waals surface area contributed by atoms with E-state index in [1.165, 1.54) is 0 Å². The number of furan rings is 1. The largest absolute Gasteiger partial charge is 0.490 e. The van der Waals surface area contributed by atoms with Crippen LogP contribution in [0.15, 0.2) is 53.1 Å². The van der Waals surface area contributed by atoms with Gasteiger partial charge in [0.1, 0.15) is 11.4 Å². The van der Waals surface area contributed by atoms with Crippen molar-refractivity contribution in [1.82, 2.24) is 15.1 Å². The monoisotopic (exact) mass is 453 g/mol. The van der Waals surface area contributed by atoms with E-state index in [2.05, 4.69) is 10.4 Å². The number of aromatic nitrogens is 2. The predicted octanol–water partition coefficient (Wildman–Crippen LogP) is 5.07. The van der Waals surface area contributed by atoms with E-state index in [0.717, 1.165) is 24.1 Å². The topological polar surface area (TPSA) is 107 Å². The molecule has 0 saturated carbocycles. The summed E-state index contributed by atoms with van der Waals surface area (Å²) in [6.07, 6.45) is 3.87. The lowest BCUT2D eigenvalue weighted by Crippen LogP contribution is -2.24. The number of amides is 1. The number of benzene rings is 1. The third kappa shape index (κ3) is 6.71. The lowest BCUT2D eigenvalue weighted by atomic mass is 10.1. The minimum Gasteiger partial charge on any atom is -0.490 e. The van der Waals surface area contributed by atoms with Gasteiger partial charge < -0.3 is 19.6 Å². The minimum absolute atomic E-state index is 0.0618. The van der Waals surface area contributed by atoms with Gasteiger partial charge in [0.2, 0.25) is 0 Å². The summed E-state index contributed by atoms with van der Waals surface area (Å²) in [4.78, 5) is 23.5. The predicted molar refractivity (Wildman–Crippen MR) is 124 cm³/mol. The van der Waals surface area contributed by atoms with Crippen molar-refractivity contribution in [3.05, 3.63) is 60.0 Å². The Labute approximate surface area is 193 Å². The first-order chi connectivity index (χ1) is 15.8. The Bertz CT molecular complexity index is 1060. The SMILES string of the molecule is CC(C)n1nc(C(=O)NCc2ccccc2O[C@H](C)CCCCC(=O)O)cc1-c1ccco1. The summed E-state index contributed by atoms with van der Waals surface area (Å²) in [7, 11) is 0. The van der Waals surface area contributed by atoms with Crippen molar-refractivity contribution in [2.45, 2.75) is 65.1 Å². The van der Waals surface area contributed by atoms with Crippen LogP contribution in [-0.2, 0) is 11.3 Å². The molecule has 176 valence electrons. The second kappa shape index (κ2) is 11.4. The molecule has 0 fully saturated rings. The maximum absolute atomic E-state index is 12.8. The van der Waals surface area contributed by atoms with Crippen LogP contribution in [0.2, 0.25) is 0 Å². The highest BCUT2D eigenvalue weighted by molar-refractivity contribution is 5.93. The Morgan fingerprint density at radius 2 is 1.94 bits per heavy atom. The maximum Gasteiger partial charge on any atom is 0.303 e. The second-order valence-electron chi connectivity index (χ2n) is 8.29. The fraction of sp³-hybridized carbons (Fsp3) is 0.400. The summed E-state index contributed by atoms with van der Waals surface area (Å²) in [6, 6.07) is 13.0. The van der Waals surface area contributed by atoms with Gasteiger partial charge in [-0.2, -0.15) is 5.10 Å². The number of hydrogen-bond acceptors (Lipinski definition) is 5. The Morgan fingerprint density at radius 1 is 1.15 bits per heavy atom. The van der Waals surface area contributed by atoms with E-state index < -0.39 is 5.97 Å². The number of para-hydroxylation sites is 1. The van der Waals surface area contributed by atoms with Crippen molar-refractivity contribution in [3.63, 3.8) is 0 Å². The number of carboxylic acids is 1. The van der Waals surface area contributed by atoms with E-state index in [0.29, 0.717) is 30.2 Å². The first-order valence-electron chi connectivity index (χ1n) is 11.2. The Morgan fingerprint density at radius 3 is 2.64 bits per heavy atom. The van der Waals surface area contributed by atoms with Crippen molar-refractivity contribution in [2.75, 3.05) is 0 Å². The average Bonchev–Trinajstić information content (AvgIpc) is 3.45. The molecule has 8 nitrogen and oxygen atoms in total. The minimum atomic E-state index is -0.779. The van der Waals surface area contributed by atoms with Crippen molar-refractivity contribution < 1.29 is 23.8 Å². The second-order valence-corrected chi connectivity index (χ2v) is 8.29. The molecule has 2 aromatic heterocycles. The fourth-order valence-corrected chi connectivity index (χ4v) is 3.52. The molecule has 0 saturated heterocycles. The van der Waals surface area contributed by atoms with Crippen LogP contribution in [-0.4, -0.2) is 32.9 Å². The van der Waals surface area contributed by atoms with E-state index >= 15 is 0 Å². The molecule has 3 rings (SSSR count). The van der Waals surface area contributed by atoms with Gasteiger partial charge in [-0.25, -0.2) is 0 Å². The van der Waals surface area contributed by atoms with Crippen molar-refractivity contribution in [1.29, 1.82) is 0 Å². The number of unbranched alkanes of at least 4 members (excludes halogenated alkanes) is 1. The van der Waals surface area contributed by atoms with Crippen LogP contribution in [0.3, 0.4) is 0 Å². The van der Waals surface area contributed by atoms with Gasteiger partial charge in [-0.1, -0.05) is 18.2 Å². The van der Waals surface area contributed by atoms with Crippen LogP contribution < -0.4 is 10.1 Å². The first kappa shape index (κ1) is 24.1. The van der Waals surface area contributed by atoms with Crippen molar-refractivity contribution in [3.8, 4) is 17.2 Å². The third-order valence-electron chi connectivity index (χ3n) is 5.22. The van der Waals surface area contributed by atoms with Gasteiger partial charge in [-0.05, 0) is 58.2 Å². The molecule has 0 spiro atoms. The Hall–Kier alpha value is -3.55. The maximum atomic E-state index is 12.8. The number of carbonyl (C=O) groups excluding carboxylic acids is 1. The summed E-state index contributed by atoms with van der Waals surface area (Å²) in [5.74, 6) is 0.303. The Kier molecular flexibility index (Phi) is 8.29. The van der Waals surface area contributed by atoms with Gasteiger partial charge in [0.15, 0.2) is 11.5 Å². The lowest BCUT2D eigenvalue weighted by molar-refractivity contribution is -0.137. The number of ether oxygens (including phenoxy) is 1. The van der Waals surface area contributed by atoms with Crippen LogP contribution in [0.5, 0.6) is 5.75 Å². The summed E-state index contributed by atoms with van der Waals surface area (Å²) in [5, 5.41) is 16.2. The zero-order valence-corrected chi connectivity index (χ0v) is 19.3. The number of hydrogen-bond donors (Lipinski definition) is 2. The molecule has 3 aromatic rings. The molecule has 2 heterocycles. The van der Waals surface area contributed by atoms with Gasteiger partial charge >= 0.3 is 5.97 Å². The molecule has 33 heavy (non-hydrogen) atoms. The van der Waals surface area contributed by atoms with Crippen LogP contribution >= 0.6 is 0 Å². The molecule has 0 bridgehead atoms. The molecule has 1 aromatic carbocycles. The number of nitrogens with zero attached hydrogens (tertiary/aromatic N) is 2. The molecule has 0 unspecified atom stereocenters. The molecule has 0 radical (unpaired) electrons. The number of carboxylic acid groups (broad SMARTS) is 1. The highest BCUT2D eigenvalue weighted by atomic mass is 16.5. The molecule has 8 heteroatoms. The normalized spacial score (nSPS) is 12.0. The van der Waals surface area contributed by atoms with Gasteiger partial charge in [-0.15, -0.1) is 0 Å². The van der Waals surface area contributed by atoms with Crippen molar-refractivity contribution in [2.24, 2.45) is 0 Å². The van der Waals surface area contributed by atoms with Gasteiger partial charge in [0, 0.05) is 30.6 Å². The highest BCUT2D eigenvalue weighted by Crippen LogP contribution is 2.25. The van der Waals surface area contributed by atoms with Crippen LogP contribution in [0.25, 0.3) is 11.5 Å². The zero-order chi connectivity index (χ0) is 23.8. The number of aliphatic carboxylic acids is 1. The van der Waals surface area contributed by atoms with Gasteiger partial charge in [0.25, 0.3) is 5.91 Å². The fourth-order valence-electron chi connectivity index (χ4n) is 3.52. The smallest absolute Gasteiger partial charge is 0.303 e. The first-order valence-corrected chi connectivity index (χ1v) is 11.2. The zero-order valence-electron chi connectivity index (χ0n) is 19.3. The molecule has 1 amide bonds. The lowest BCUT2D eigenvalue weighted by Gasteiger charge is -2.17. The van der Waals surface area contributed by atoms with E-state index in [1.54, 1.807) is 23.1 Å². The average molecular weight is 454 g/mol.